The van der Waals surface area contributed by atoms with Gasteiger partial charge in [0.1, 0.15) is 5.60 Å². The molecular formula is C11H13NO2. The Morgan fingerprint density at radius 2 is 1.79 bits per heavy atom. The lowest BCUT2D eigenvalue weighted by molar-refractivity contribution is -0.123. The van der Waals surface area contributed by atoms with E-state index in [0.717, 1.165) is 5.56 Å². The second-order valence-corrected chi connectivity index (χ2v) is 4.02. The topological polar surface area (TPSA) is 55.6 Å². The van der Waals surface area contributed by atoms with Crippen LogP contribution in [-0.2, 0) is 15.1 Å². The summed E-state index contributed by atoms with van der Waals surface area (Å²) in [7, 11) is 0. The molecule has 1 unspecified atom stereocenters. The number of epoxide rings is 1. The van der Waals surface area contributed by atoms with E-state index in [1.807, 2.05) is 44.2 Å². The molecule has 1 aromatic rings. The van der Waals surface area contributed by atoms with E-state index >= 15 is 0 Å². The summed E-state index contributed by atoms with van der Waals surface area (Å²) in [6.07, 6.45) is 0. The van der Waals surface area contributed by atoms with Crippen molar-refractivity contribution in [3.63, 3.8) is 0 Å². The molecule has 2 rings (SSSR count). The summed E-state index contributed by atoms with van der Waals surface area (Å²) in [4.78, 5) is 11.4. The van der Waals surface area contributed by atoms with Crippen molar-refractivity contribution in [2.24, 2.45) is 5.73 Å². The van der Waals surface area contributed by atoms with Gasteiger partial charge in [-0.25, -0.2) is 0 Å². The Labute approximate surface area is 82.9 Å². The third kappa shape index (κ3) is 0.990. The van der Waals surface area contributed by atoms with Crippen LogP contribution in [0.2, 0.25) is 0 Å². The van der Waals surface area contributed by atoms with Gasteiger partial charge >= 0.3 is 0 Å². The van der Waals surface area contributed by atoms with Crippen molar-refractivity contribution in [2.45, 2.75) is 25.0 Å². The van der Waals surface area contributed by atoms with Crippen LogP contribution in [0.15, 0.2) is 30.3 Å². The number of primary amides is 1. The average Bonchev–Trinajstić information content (AvgIpc) is 2.72. The lowest BCUT2D eigenvalue weighted by atomic mass is 9.88. The molecule has 0 aliphatic carbocycles. The molecule has 1 aromatic carbocycles. The molecule has 0 bridgehead atoms. The Morgan fingerprint density at radius 3 is 2.14 bits per heavy atom. The number of hydrogen-bond donors (Lipinski definition) is 1. The first kappa shape index (κ1) is 9.21. The summed E-state index contributed by atoms with van der Waals surface area (Å²) in [5, 5.41) is 0. The first-order chi connectivity index (χ1) is 6.51. The predicted octanol–water partition coefficient (Wildman–Crippen LogP) is 1.18. The molecule has 1 atom stereocenters. The van der Waals surface area contributed by atoms with E-state index < -0.39 is 17.1 Å². The summed E-state index contributed by atoms with van der Waals surface area (Å²) in [5.41, 5.74) is 4.80. The molecule has 0 radical (unpaired) electrons. The van der Waals surface area contributed by atoms with E-state index in [1.54, 1.807) is 0 Å². The van der Waals surface area contributed by atoms with Crippen molar-refractivity contribution in [1.82, 2.24) is 0 Å². The van der Waals surface area contributed by atoms with E-state index in [2.05, 4.69) is 0 Å². The van der Waals surface area contributed by atoms with Crippen LogP contribution in [0.1, 0.15) is 19.4 Å². The molecule has 1 saturated heterocycles. The van der Waals surface area contributed by atoms with E-state index in [4.69, 9.17) is 10.5 Å². The smallest absolute Gasteiger partial charge is 0.257 e. The van der Waals surface area contributed by atoms with Gasteiger partial charge in [-0.15, -0.1) is 0 Å². The van der Waals surface area contributed by atoms with Crippen LogP contribution in [-0.4, -0.2) is 11.5 Å². The van der Waals surface area contributed by atoms with E-state index in [0.29, 0.717) is 0 Å². The van der Waals surface area contributed by atoms with Crippen molar-refractivity contribution in [3.05, 3.63) is 35.9 Å². The van der Waals surface area contributed by atoms with Gasteiger partial charge < -0.3 is 10.5 Å². The third-order valence-corrected chi connectivity index (χ3v) is 2.74. The van der Waals surface area contributed by atoms with Gasteiger partial charge in [-0.1, -0.05) is 30.3 Å². The lowest BCUT2D eigenvalue weighted by Gasteiger charge is -2.10. The minimum atomic E-state index is -0.922. The van der Waals surface area contributed by atoms with Gasteiger partial charge in [0.2, 0.25) is 0 Å². The quantitative estimate of drug-likeness (QED) is 0.713. The highest BCUT2D eigenvalue weighted by atomic mass is 16.6. The van der Waals surface area contributed by atoms with Crippen LogP contribution in [0.3, 0.4) is 0 Å². The molecule has 3 nitrogen and oxygen atoms in total. The number of carbonyl (C=O) groups excluding carboxylic acids is 1. The van der Waals surface area contributed by atoms with Crippen LogP contribution in [0.4, 0.5) is 0 Å². The van der Waals surface area contributed by atoms with Crippen molar-refractivity contribution >= 4 is 5.91 Å². The highest BCUT2D eigenvalue weighted by Gasteiger charge is 2.69. The Balaban J connectivity index is 2.47. The Morgan fingerprint density at radius 1 is 1.29 bits per heavy atom. The third-order valence-electron chi connectivity index (χ3n) is 2.74. The first-order valence-corrected chi connectivity index (χ1v) is 4.56. The van der Waals surface area contributed by atoms with E-state index in [1.165, 1.54) is 0 Å². The van der Waals surface area contributed by atoms with Crippen molar-refractivity contribution in [3.8, 4) is 0 Å². The van der Waals surface area contributed by atoms with E-state index in [-0.39, 0.29) is 0 Å². The molecule has 3 heteroatoms. The molecule has 1 fully saturated rings. The maximum absolute atomic E-state index is 11.4. The molecule has 74 valence electrons. The van der Waals surface area contributed by atoms with Gasteiger partial charge in [-0.2, -0.15) is 0 Å². The Hall–Kier alpha value is -1.35. The number of nitrogens with two attached hydrogens (primary N) is 1. The maximum Gasteiger partial charge on any atom is 0.257 e. The fourth-order valence-corrected chi connectivity index (χ4v) is 1.93. The number of hydrogen-bond acceptors (Lipinski definition) is 2. The molecule has 0 aromatic heterocycles. The van der Waals surface area contributed by atoms with Crippen LogP contribution in [0, 0.1) is 0 Å². The van der Waals surface area contributed by atoms with Gasteiger partial charge in [-0.05, 0) is 19.4 Å². The standard InChI is InChI=1S/C11H13NO2/c1-10(2)11(14-10,9(12)13)8-6-4-3-5-7-8/h3-7H,1-2H3,(H2,12,13). The molecule has 1 aliphatic rings. The van der Waals surface area contributed by atoms with Crippen molar-refractivity contribution in [1.29, 1.82) is 0 Å². The summed E-state index contributed by atoms with van der Waals surface area (Å²) in [6, 6.07) is 9.36. The van der Waals surface area contributed by atoms with Crippen LogP contribution < -0.4 is 5.73 Å². The maximum atomic E-state index is 11.4. The number of carbonyl (C=O) groups is 1. The highest BCUT2D eigenvalue weighted by molar-refractivity contribution is 5.89. The van der Waals surface area contributed by atoms with Gasteiger partial charge in [0, 0.05) is 0 Å². The minimum Gasteiger partial charge on any atom is -0.367 e. The van der Waals surface area contributed by atoms with Crippen LogP contribution in [0.5, 0.6) is 0 Å². The Bertz CT molecular complexity index is 372. The monoisotopic (exact) mass is 191 g/mol. The summed E-state index contributed by atoms with van der Waals surface area (Å²) < 4.78 is 5.46. The number of benzene rings is 1. The summed E-state index contributed by atoms with van der Waals surface area (Å²) in [5.74, 6) is -0.422. The zero-order valence-corrected chi connectivity index (χ0v) is 8.28. The zero-order valence-electron chi connectivity index (χ0n) is 8.28. The molecule has 1 aliphatic heterocycles. The number of rotatable bonds is 2. The van der Waals surface area contributed by atoms with Gasteiger partial charge in [-0.3, -0.25) is 4.79 Å². The molecule has 2 N–H and O–H groups in total. The molecule has 0 spiro atoms. The lowest BCUT2D eigenvalue weighted by Crippen LogP contribution is -2.34. The van der Waals surface area contributed by atoms with Crippen LogP contribution >= 0.6 is 0 Å². The molecule has 1 heterocycles. The predicted molar refractivity (Wildman–Crippen MR) is 52.5 cm³/mol. The Kier molecular flexibility index (Phi) is 1.70. The number of ether oxygens (including phenoxy) is 1. The zero-order chi connectivity index (χ0) is 10.4. The largest absolute Gasteiger partial charge is 0.367 e. The summed E-state index contributed by atoms with van der Waals surface area (Å²) in [6.45, 7) is 3.73. The van der Waals surface area contributed by atoms with Gasteiger partial charge in [0.05, 0.1) is 0 Å². The second kappa shape index (κ2) is 2.58. The highest BCUT2D eigenvalue weighted by Crippen LogP contribution is 2.54. The molecule has 1 amide bonds. The van der Waals surface area contributed by atoms with Gasteiger partial charge in [0.15, 0.2) is 5.60 Å². The molecule has 14 heavy (non-hydrogen) atoms. The summed E-state index contributed by atoms with van der Waals surface area (Å²) >= 11 is 0. The van der Waals surface area contributed by atoms with Crippen molar-refractivity contribution in [2.75, 3.05) is 0 Å². The fraction of sp³-hybridized carbons (Fsp3) is 0.364. The normalized spacial score (nSPS) is 28.4. The molecular weight excluding hydrogens is 178 g/mol. The first-order valence-electron chi connectivity index (χ1n) is 4.56. The molecule has 0 saturated carbocycles. The second-order valence-electron chi connectivity index (χ2n) is 4.02. The number of amides is 1. The van der Waals surface area contributed by atoms with Crippen molar-refractivity contribution < 1.29 is 9.53 Å². The van der Waals surface area contributed by atoms with Gasteiger partial charge in [0.25, 0.3) is 5.91 Å². The minimum absolute atomic E-state index is 0.422. The SMILES string of the molecule is CC1(C)OC1(C(N)=O)c1ccccc1. The average molecular weight is 191 g/mol. The fourth-order valence-electron chi connectivity index (χ4n) is 1.93. The van der Waals surface area contributed by atoms with E-state index in [9.17, 15) is 4.79 Å². The van der Waals surface area contributed by atoms with Crippen LogP contribution in [0.25, 0.3) is 0 Å².